The Morgan fingerprint density at radius 1 is 1.18 bits per heavy atom. The minimum atomic E-state index is -0.472. The quantitative estimate of drug-likeness (QED) is 0.777. The normalized spacial score (nSPS) is 13.4. The number of benzene rings is 2. The Balaban J connectivity index is 1.62. The molecule has 0 spiro atoms. The topological polar surface area (TPSA) is 84.9 Å². The van der Waals surface area contributed by atoms with Crippen LogP contribution >= 0.6 is 0 Å². The van der Waals surface area contributed by atoms with Gasteiger partial charge in [-0.15, -0.1) is 0 Å². The molecule has 2 aromatic rings. The van der Waals surface area contributed by atoms with Crippen molar-refractivity contribution in [1.29, 1.82) is 0 Å². The lowest BCUT2D eigenvalue weighted by Gasteiger charge is -2.16. The molecule has 1 heterocycles. The van der Waals surface area contributed by atoms with Crippen LogP contribution in [0.15, 0.2) is 42.5 Å². The number of rotatable bonds is 6. The van der Waals surface area contributed by atoms with Gasteiger partial charge in [0.25, 0.3) is 5.91 Å². The van der Waals surface area contributed by atoms with Crippen LogP contribution in [-0.4, -0.2) is 38.0 Å². The predicted octanol–water partition coefficient (Wildman–Crippen LogP) is 2.93. The molecule has 1 saturated heterocycles. The maximum absolute atomic E-state index is 12.3. The van der Waals surface area contributed by atoms with E-state index in [0.717, 1.165) is 17.7 Å². The number of amides is 2. The molecule has 0 unspecified atom stereocenters. The van der Waals surface area contributed by atoms with Crippen molar-refractivity contribution in [2.24, 2.45) is 0 Å². The first-order chi connectivity index (χ1) is 13.5. The van der Waals surface area contributed by atoms with Gasteiger partial charge in [-0.3, -0.25) is 9.59 Å². The molecule has 146 valence electrons. The number of nitrogens with zero attached hydrogens (tertiary/aromatic N) is 1. The lowest BCUT2D eigenvalue weighted by atomic mass is 10.1. The van der Waals surface area contributed by atoms with E-state index in [1.165, 1.54) is 7.11 Å². The first-order valence-electron chi connectivity index (χ1n) is 9.00. The number of esters is 1. The van der Waals surface area contributed by atoms with Gasteiger partial charge in [-0.1, -0.05) is 12.1 Å². The van der Waals surface area contributed by atoms with Crippen molar-refractivity contribution in [3.05, 3.63) is 53.6 Å². The number of nitrogens with one attached hydrogen (secondary N) is 1. The van der Waals surface area contributed by atoms with E-state index < -0.39 is 5.97 Å². The zero-order valence-corrected chi connectivity index (χ0v) is 15.9. The Morgan fingerprint density at radius 2 is 2.00 bits per heavy atom. The first kappa shape index (κ1) is 19.4. The Bertz CT molecular complexity index is 909. The number of hydrogen-bond acceptors (Lipinski definition) is 5. The SMILES string of the molecule is COC(=O)c1ccc(C)c(NC(=O)COc2cccc(N3CCCC3=O)c2)c1. The summed E-state index contributed by atoms with van der Waals surface area (Å²) in [5.74, 6) is -0.226. The zero-order valence-electron chi connectivity index (χ0n) is 15.9. The smallest absolute Gasteiger partial charge is 0.337 e. The zero-order chi connectivity index (χ0) is 20.1. The van der Waals surface area contributed by atoms with Crippen LogP contribution in [0.3, 0.4) is 0 Å². The summed E-state index contributed by atoms with van der Waals surface area (Å²) in [4.78, 5) is 37.5. The molecule has 1 aliphatic heterocycles. The van der Waals surface area contributed by atoms with Crippen LogP contribution in [0.5, 0.6) is 5.75 Å². The fourth-order valence-corrected chi connectivity index (χ4v) is 3.00. The van der Waals surface area contributed by atoms with Gasteiger partial charge in [-0.05, 0) is 43.2 Å². The fourth-order valence-electron chi connectivity index (χ4n) is 3.00. The number of anilines is 2. The van der Waals surface area contributed by atoms with E-state index >= 15 is 0 Å². The highest BCUT2D eigenvalue weighted by atomic mass is 16.5. The summed E-state index contributed by atoms with van der Waals surface area (Å²) in [5, 5.41) is 2.74. The molecule has 1 aliphatic rings. The summed E-state index contributed by atoms with van der Waals surface area (Å²) < 4.78 is 10.3. The van der Waals surface area contributed by atoms with Crippen LogP contribution in [0.4, 0.5) is 11.4 Å². The van der Waals surface area contributed by atoms with Gasteiger partial charge in [-0.2, -0.15) is 0 Å². The Kier molecular flexibility index (Phi) is 5.93. The molecule has 0 atom stereocenters. The van der Waals surface area contributed by atoms with Crippen LogP contribution in [0, 0.1) is 6.92 Å². The highest BCUT2D eigenvalue weighted by Crippen LogP contribution is 2.25. The van der Waals surface area contributed by atoms with E-state index in [2.05, 4.69) is 5.32 Å². The average Bonchev–Trinajstić information content (AvgIpc) is 3.13. The Labute approximate surface area is 163 Å². The molecule has 2 aromatic carbocycles. The molecule has 1 fully saturated rings. The van der Waals surface area contributed by atoms with Crippen molar-refractivity contribution in [1.82, 2.24) is 0 Å². The van der Waals surface area contributed by atoms with Crippen LogP contribution in [-0.2, 0) is 14.3 Å². The van der Waals surface area contributed by atoms with Gasteiger partial charge in [0.2, 0.25) is 5.91 Å². The minimum Gasteiger partial charge on any atom is -0.484 e. The Hall–Kier alpha value is -3.35. The van der Waals surface area contributed by atoms with Crippen LogP contribution in [0.2, 0.25) is 0 Å². The molecule has 7 nitrogen and oxygen atoms in total. The van der Waals surface area contributed by atoms with E-state index in [1.54, 1.807) is 41.3 Å². The van der Waals surface area contributed by atoms with Gasteiger partial charge >= 0.3 is 5.97 Å². The second-order valence-electron chi connectivity index (χ2n) is 6.50. The first-order valence-corrected chi connectivity index (χ1v) is 9.00. The van der Waals surface area contributed by atoms with E-state index in [4.69, 9.17) is 9.47 Å². The second-order valence-corrected chi connectivity index (χ2v) is 6.50. The summed E-state index contributed by atoms with van der Waals surface area (Å²) in [6.45, 7) is 2.33. The third kappa shape index (κ3) is 4.49. The lowest BCUT2D eigenvalue weighted by Crippen LogP contribution is -2.24. The molecule has 1 N–H and O–H groups in total. The van der Waals surface area contributed by atoms with Crippen molar-refractivity contribution in [3.8, 4) is 5.75 Å². The van der Waals surface area contributed by atoms with Crippen molar-refractivity contribution < 1.29 is 23.9 Å². The number of carbonyl (C=O) groups is 3. The Morgan fingerprint density at radius 3 is 2.71 bits per heavy atom. The highest BCUT2D eigenvalue weighted by Gasteiger charge is 2.21. The molecule has 0 saturated carbocycles. The third-order valence-corrected chi connectivity index (χ3v) is 4.51. The third-order valence-electron chi connectivity index (χ3n) is 4.51. The van der Waals surface area contributed by atoms with Crippen molar-refractivity contribution >= 4 is 29.2 Å². The molecule has 0 radical (unpaired) electrons. The fraction of sp³-hybridized carbons (Fsp3) is 0.286. The van der Waals surface area contributed by atoms with E-state index in [0.29, 0.717) is 30.0 Å². The monoisotopic (exact) mass is 382 g/mol. The van der Waals surface area contributed by atoms with Crippen molar-refractivity contribution in [2.75, 3.05) is 30.5 Å². The van der Waals surface area contributed by atoms with Gasteiger partial charge < -0.3 is 19.7 Å². The summed E-state index contributed by atoms with van der Waals surface area (Å²) in [6.07, 6.45) is 1.40. The number of hydrogen-bond donors (Lipinski definition) is 1. The summed E-state index contributed by atoms with van der Waals surface area (Å²) in [5.41, 5.74) is 2.46. The van der Waals surface area contributed by atoms with Crippen molar-refractivity contribution in [2.45, 2.75) is 19.8 Å². The largest absolute Gasteiger partial charge is 0.484 e. The van der Waals surface area contributed by atoms with Gasteiger partial charge in [0.05, 0.1) is 12.7 Å². The van der Waals surface area contributed by atoms with Crippen molar-refractivity contribution in [3.63, 3.8) is 0 Å². The molecular formula is C21H22N2O5. The number of methoxy groups -OCH3 is 1. The van der Waals surface area contributed by atoms with Gasteiger partial charge in [0.1, 0.15) is 5.75 Å². The second kappa shape index (κ2) is 8.56. The molecule has 28 heavy (non-hydrogen) atoms. The minimum absolute atomic E-state index is 0.0934. The molecule has 0 aliphatic carbocycles. The number of carbonyl (C=O) groups excluding carboxylic acids is 3. The molecule has 0 aromatic heterocycles. The number of ether oxygens (including phenoxy) is 2. The van der Waals surface area contributed by atoms with Crippen LogP contribution < -0.4 is 15.0 Å². The standard InChI is InChI=1S/C21H22N2O5/c1-14-8-9-15(21(26)27-2)11-18(14)22-19(24)13-28-17-6-3-5-16(12-17)23-10-4-7-20(23)25/h3,5-6,8-9,11-12H,4,7,10,13H2,1-2H3,(H,22,24). The number of aryl methyl sites for hydroxylation is 1. The summed E-state index contributed by atoms with van der Waals surface area (Å²) >= 11 is 0. The lowest BCUT2D eigenvalue weighted by molar-refractivity contribution is -0.118. The maximum Gasteiger partial charge on any atom is 0.337 e. The molecule has 7 heteroatoms. The van der Waals surface area contributed by atoms with Gasteiger partial charge in [0, 0.05) is 30.4 Å². The molecule has 2 amide bonds. The maximum atomic E-state index is 12.3. The average molecular weight is 382 g/mol. The summed E-state index contributed by atoms with van der Waals surface area (Å²) in [7, 11) is 1.30. The van der Waals surface area contributed by atoms with Gasteiger partial charge in [-0.25, -0.2) is 4.79 Å². The van der Waals surface area contributed by atoms with Crippen LogP contribution in [0.1, 0.15) is 28.8 Å². The van der Waals surface area contributed by atoms with Gasteiger partial charge in [0.15, 0.2) is 6.61 Å². The summed E-state index contributed by atoms with van der Waals surface area (Å²) in [6, 6.07) is 12.1. The molecule has 3 rings (SSSR count). The molecular weight excluding hydrogens is 360 g/mol. The van der Waals surface area contributed by atoms with E-state index in [1.807, 2.05) is 13.0 Å². The van der Waals surface area contributed by atoms with Crippen LogP contribution in [0.25, 0.3) is 0 Å². The highest BCUT2D eigenvalue weighted by molar-refractivity contribution is 5.96. The van der Waals surface area contributed by atoms with E-state index in [9.17, 15) is 14.4 Å². The predicted molar refractivity (Wildman–Crippen MR) is 105 cm³/mol. The van der Waals surface area contributed by atoms with E-state index in [-0.39, 0.29) is 18.4 Å². The molecule has 0 bridgehead atoms.